The lowest BCUT2D eigenvalue weighted by atomic mass is 10.1. The van der Waals surface area contributed by atoms with E-state index in [1.807, 2.05) is 12.3 Å². The average Bonchev–Trinajstić information content (AvgIpc) is 2.87. The molecule has 2 N–H and O–H groups in total. The van der Waals surface area contributed by atoms with E-state index < -0.39 is 6.61 Å². The van der Waals surface area contributed by atoms with Crippen molar-refractivity contribution < 1.29 is 13.5 Å². The van der Waals surface area contributed by atoms with Crippen LogP contribution >= 0.6 is 11.3 Å². The molecule has 0 saturated heterocycles. The van der Waals surface area contributed by atoms with E-state index in [2.05, 4.69) is 9.72 Å². The van der Waals surface area contributed by atoms with E-state index in [1.54, 1.807) is 23.5 Å². The summed E-state index contributed by atoms with van der Waals surface area (Å²) in [5.41, 5.74) is 7.29. The number of ether oxygens (including phenoxy) is 1. The SMILES string of the molecule is CC(CN)c1nc(-c2ccc(OC(F)F)cc2)cs1. The van der Waals surface area contributed by atoms with Crippen molar-refractivity contribution in [1.29, 1.82) is 0 Å². The molecular weight excluding hydrogens is 270 g/mol. The highest BCUT2D eigenvalue weighted by Crippen LogP contribution is 2.27. The zero-order valence-electron chi connectivity index (χ0n) is 10.3. The third-order valence-corrected chi connectivity index (χ3v) is 3.75. The summed E-state index contributed by atoms with van der Waals surface area (Å²) in [4.78, 5) is 4.49. The van der Waals surface area contributed by atoms with Gasteiger partial charge in [0.1, 0.15) is 5.75 Å². The van der Waals surface area contributed by atoms with Crippen molar-refractivity contribution in [3.05, 3.63) is 34.7 Å². The third kappa shape index (κ3) is 3.48. The molecule has 19 heavy (non-hydrogen) atoms. The van der Waals surface area contributed by atoms with Crippen molar-refractivity contribution in [2.45, 2.75) is 19.5 Å². The molecule has 0 fully saturated rings. The van der Waals surface area contributed by atoms with Gasteiger partial charge in [-0.1, -0.05) is 6.92 Å². The lowest BCUT2D eigenvalue weighted by Gasteiger charge is -2.05. The Hall–Kier alpha value is -1.53. The smallest absolute Gasteiger partial charge is 0.387 e. The first-order valence-corrected chi connectivity index (χ1v) is 6.69. The van der Waals surface area contributed by atoms with Crippen LogP contribution < -0.4 is 10.5 Å². The van der Waals surface area contributed by atoms with Gasteiger partial charge < -0.3 is 10.5 Å². The molecule has 2 aromatic rings. The summed E-state index contributed by atoms with van der Waals surface area (Å²) in [6.45, 7) is -0.238. The second-order valence-corrected chi connectivity index (χ2v) is 5.00. The molecule has 0 aliphatic heterocycles. The van der Waals surface area contributed by atoms with Gasteiger partial charge in [0.15, 0.2) is 0 Å². The summed E-state index contributed by atoms with van der Waals surface area (Å²) in [7, 11) is 0. The fourth-order valence-electron chi connectivity index (χ4n) is 1.55. The lowest BCUT2D eigenvalue weighted by molar-refractivity contribution is -0.0498. The first kappa shape index (κ1) is 13.9. The van der Waals surface area contributed by atoms with Gasteiger partial charge in [-0.15, -0.1) is 11.3 Å². The number of thiazole rings is 1. The van der Waals surface area contributed by atoms with Crippen LogP contribution in [0.5, 0.6) is 5.75 Å². The summed E-state index contributed by atoms with van der Waals surface area (Å²) >= 11 is 1.55. The minimum atomic E-state index is -2.80. The van der Waals surface area contributed by atoms with Crippen LogP contribution in [0, 0.1) is 0 Å². The summed E-state index contributed by atoms with van der Waals surface area (Å²) in [5.74, 6) is 0.365. The van der Waals surface area contributed by atoms with Gasteiger partial charge in [-0.2, -0.15) is 8.78 Å². The number of rotatable bonds is 5. The number of hydrogen-bond acceptors (Lipinski definition) is 4. The van der Waals surface area contributed by atoms with E-state index >= 15 is 0 Å². The Morgan fingerprint density at radius 3 is 2.58 bits per heavy atom. The van der Waals surface area contributed by atoms with E-state index in [9.17, 15) is 8.78 Å². The summed E-state index contributed by atoms with van der Waals surface area (Å²) in [5, 5.41) is 2.91. The van der Waals surface area contributed by atoms with Crippen LogP contribution in [-0.2, 0) is 0 Å². The highest BCUT2D eigenvalue weighted by atomic mass is 32.1. The van der Waals surface area contributed by atoms with Gasteiger partial charge >= 0.3 is 6.61 Å². The second-order valence-electron chi connectivity index (χ2n) is 4.11. The first-order chi connectivity index (χ1) is 9.10. The summed E-state index contributed by atoms with van der Waals surface area (Å²) in [6, 6.07) is 6.44. The minimum Gasteiger partial charge on any atom is -0.435 e. The molecule has 1 heterocycles. The summed E-state index contributed by atoms with van der Waals surface area (Å²) < 4.78 is 28.4. The van der Waals surface area contributed by atoms with Gasteiger partial charge in [-0.25, -0.2) is 4.98 Å². The van der Waals surface area contributed by atoms with Gasteiger partial charge in [0.25, 0.3) is 0 Å². The molecule has 1 aromatic heterocycles. The molecule has 0 aliphatic rings. The molecule has 0 saturated carbocycles. The number of hydrogen-bond donors (Lipinski definition) is 1. The molecule has 102 valence electrons. The number of benzene rings is 1. The Morgan fingerprint density at radius 2 is 2.00 bits per heavy atom. The monoisotopic (exact) mass is 284 g/mol. The first-order valence-electron chi connectivity index (χ1n) is 5.81. The molecule has 1 atom stereocenters. The van der Waals surface area contributed by atoms with Crippen molar-refractivity contribution >= 4 is 11.3 Å². The fraction of sp³-hybridized carbons (Fsp3) is 0.308. The van der Waals surface area contributed by atoms with E-state index in [4.69, 9.17) is 5.73 Å². The van der Waals surface area contributed by atoms with Crippen LogP contribution in [0.4, 0.5) is 8.78 Å². The number of nitrogens with two attached hydrogens (primary N) is 1. The minimum absolute atomic E-state index is 0.143. The zero-order chi connectivity index (χ0) is 13.8. The maximum absolute atomic E-state index is 12.0. The van der Waals surface area contributed by atoms with E-state index in [0.717, 1.165) is 16.3 Å². The Labute approximate surface area is 114 Å². The van der Waals surface area contributed by atoms with Crippen molar-refractivity contribution in [3.63, 3.8) is 0 Å². The van der Waals surface area contributed by atoms with Crippen LogP contribution in [-0.4, -0.2) is 18.1 Å². The van der Waals surface area contributed by atoms with Crippen molar-refractivity contribution in [3.8, 4) is 17.0 Å². The topological polar surface area (TPSA) is 48.1 Å². The molecule has 1 unspecified atom stereocenters. The number of alkyl halides is 2. The van der Waals surface area contributed by atoms with Gasteiger partial charge in [0.2, 0.25) is 0 Å². The quantitative estimate of drug-likeness (QED) is 0.914. The van der Waals surface area contributed by atoms with Crippen LogP contribution in [0.15, 0.2) is 29.6 Å². The standard InChI is InChI=1S/C13H14F2N2OS/c1-8(6-16)12-17-11(7-19-12)9-2-4-10(5-3-9)18-13(14)15/h2-5,7-8,13H,6,16H2,1H3. The number of nitrogens with zero attached hydrogens (tertiary/aromatic N) is 1. The highest BCUT2D eigenvalue weighted by Gasteiger charge is 2.10. The highest BCUT2D eigenvalue weighted by molar-refractivity contribution is 7.10. The van der Waals surface area contributed by atoms with E-state index in [0.29, 0.717) is 6.54 Å². The normalized spacial score (nSPS) is 12.7. The van der Waals surface area contributed by atoms with Crippen molar-refractivity contribution in [1.82, 2.24) is 4.98 Å². The number of halogens is 2. The van der Waals surface area contributed by atoms with Crippen LogP contribution in [0.1, 0.15) is 17.8 Å². The predicted molar refractivity (Wildman–Crippen MR) is 71.7 cm³/mol. The third-order valence-electron chi connectivity index (χ3n) is 2.67. The molecule has 2 rings (SSSR count). The molecule has 0 radical (unpaired) electrons. The average molecular weight is 284 g/mol. The maximum atomic E-state index is 12.0. The predicted octanol–water partition coefficient (Wildman–Crippen LogP) is 3.47. The number of aromatic nitrogens is 1. The van der Waals surface area contributed by atoms with Gasteiger partial charge in [0.05, 0.1) is 10.7 Å². The van der Waals surface area contributed by atoms with Crippen molar-refractivity contribution in [2.24, 2.45) is 5.73 Å². The zero-order valence-corrected chi connectivity index (χ0v) is 11.2. The molecular formula is C13H14F2N2OS. The lowest BCUT2D eigenvalue weighted by Crippen LogP contribution is -2.08. The van der Waals surface area contributed by atoms with E-state index in [1.165, 1.54) is 12.1 Å². The van der Waals surface area contributed by atoms with Gasteiger partial charge in [0, 0.05) is 23.4 Å². The van der Waals surface area contributed by atoms with Crippen LogP contribution in [0.2, 0.25) is 0 Å². The molecule has 0 spiro atoms. The van der Waals surface area contributed by atoms with Gasteiger partial charge in [-0.3, -0.25) is 0 Å². The molecule has 0 bridgehead atoms. The largest absolute Gasteiger partial charge is 0.435 e. The fourth-order valence-corrected chi connectivity index (χ4v) is 2.46. The Balaban J connectivity index is 2.15. The maximum Gasteiger partial charge on any atom is 0.387 e. The summed E-state index contributed by atoms with van der Waals surface area (Å²) in [6.07, 6.45) is 0. The molecule has 1 aromatic carbocycles. The molecule has 0 aliphatic carbocycles. The molecule has 0 amide bonds. The molecule has 3 nitrogen and oxygen atoms in total. The van der Waals surface area contributed by atoms with Crippen LogP contribution in [0.25, 0.3) is 11.3 Å². The second kappa shape index (κ2) is 6.08. The Kier molecular flexibility index (Phi) is 4.44. The Bertz CT molecular complexity index is 528. The Morgan fingerprint density at radius 1 is 1.32 bits per heavy atom. The van der Waals surface area contributed by atoms with Crippen molar-refractivity contribution in [2.75, 3.05) is 6.54 Å². The molecule has 6 heteroatoms. The van der Waals surface area contributed by atoms with Gasteiger partial charge in [-0.05, 0) is 24.3 Å². The van der Waals surface area contributed by atoms with Crippen LogP contribution in [0.3, 0.4) is 0 Å². The van der Waals surface area contributed by atoms with E-state index in [-0.39, 0.29) is 11.7 Å².